The van der Waals surface area contributed by atoms with Crippen LogP contribution in [0.25, 0.3) is 5.82 Å². The van der Waals surface area contributed by atoms with E-state index in [1.807, 2.05) is 0 Å². The van der Waals surface area contributed by atoms with Crippen LogP contribution in [0, 0.1) is 0 Å². The SMILES string of the molecule is O=Cc1c(O)cnn1-c1ccncn1. The largest absolute Gasteiger partial charge is 0.504 e. The zero-order valence-electron chi connectivity index (χ0n) is 7.03. The van der Waals surface area contributed by atoms with Gasteiger partial charge in [-0.05, 0) is 0 Å². The van der Waals surface area contributed by atoms with E-state index in [0.717, 1.165) is 0 Å². The lowest BCUT2D eigenvalue weighted by molar-refractivity contribution is 0.111. The summed E-state index contributed by atoms with van der Waals surface area (Å²) in [4.78, 5) is 18.2. The van der Waals surface area contributed by atoms with E-state index in [4.69, 9.17) is 0 Å². The summed E-state index contributed by atoms with van der Waals surface area (Å²) >= 11 is 0. The Morgan fingerprint density at radius 3 is 3.00 bits per heavy atom. The molecule has 0 saturated heterocycles. The van der Waals surface area contributed by atoms with Gasteiger partial charge in [-0.1, -0.05) is 0 Å². The predicted octanol–water partition coefficient (Wildman–Crippen LogP) is 0.180. The van der Waals surface area contributed by atoms with Gasteiger partial charge in [-0.15, -0.1) is 0 Å². The summed E-state index contributed by atoms with van der Waals surface area (Å²) in [6.45, 7) is 0. The van der Waals surface area contributed by atoms with Crippen molar-refractivity contribution in [1.82, 2.24) is 19.7 Å². The zero-order valence-corrected chi connectivity index (χ0v) is 7.03. The first-order valence-electron chi connectivity index (χ1n) is 3.81. The number of aldehydes is 1. The van der Waals surface area contributed by atoms with Crippen LogP contribution >= 0.6 is 0 Å². The molecule has 2 aromatic rings. The molecule has 0 unspecified atom stereocenters. The lowest BCUT2D eigenvalue weighted by Gasteiger charge is -1.99. The van der Waals surface area contributed by atoms with Gasteiger partial charge in [-0.2, -0.15) is 5.10 Å². The maximum atomic E-state index is 10.6. The molecule has 0 aliphatic rings. The fourth-order valence-electron chi connectivity index (χ4n) is 1.05. The van der Waals surface area contributed by atoms with Crippen molar-refractivity contribution in [1.29, 1.82) is 0 Å². The van der Waals surface area contributed by atoms with Crippen LogP contribution in [0.4, 0.5) is 0 Å². The summed E-state index contributed by atoms with van der Waals surface area (Å²) in [5.41, 5.74) is 0.0729. The second kappa shape index (κ2) is 3.25. The lowest BCUT2D eigenvalue weighted by Crippen LogP contribution is -2.03. The molecule has 0 atom stereocenters. The van der Waals surface area contributed by atoms with Crippen LogP contribution in [0.5, 0.6) is 5.75 Å². The first kappa shape index (κ1) is 8.36. The number of carbonyl (C=O) groups excluding carboxylic acids is 1. The monoisotopic (exact) mass is 190 g/mol. The highest BCUT2D eigenvalue weighted by molar-refractivity contribution is 5.77. The third-order valence-electron chi connectivity index (χ3n) is 1.68. The van der Waals surface area contributed by atoms with Gasteiger partial charge >= 0.3 is 0 Å². The van der Waals surface area contributed by atoms with E-state index in [-0.39, 0.29) is 11.4 Å². The fourth-order valence-corrected chi connectivity index (χ4v) is 1.05. The van der Waals surface area contributed by atoms with E-state index in [2.05, 4.69) is 15.1 Å². The van der Waals surface area contributed by atoms with E-state index >= 15 is 0 Å². The Balaban J connectivity index is 2.57. The molecule has 0 radical (unpaired) electrons. The Morgan fingerprint density at radius 2 is 2.36 bits per heavy atom. The molecule has 0 aliphatic heterocycles. The Kier molecular flexibility index (Phi) is 1.94. The number of aromatic hydroxyl groups is 1. The molecule has 70 valence electrons. The van der Waals surface area contributed by atoms with Gasteiger partial charge in [-0.3, -0.25) is 4.79 Å². The number of hydrogen-bond donors (Lipinski definition) is 1. The number of hydrogen-bond acceptors (Lipinski definition) is 5. The summed E-state index contributed by atoms with van der Waals surface area (Å²) in [6.07, 6.45) is 4.56. The predicted molar refractivity (Wildman–Crippen MR) is 46.2 cm³/mol. The second-order valence-electron chi connectivity index (χ2n) is 2.51. The molecule has 2 heterocycles. The van der Waals surface area contributed by atoms with Crippen molar-refractivity contribution in [3.8, 4) is 11.6 Å². The van der Waals surface area contributed by atoms with Crippen molar-refractivity contribution in [2.75, 3.05) is 0 Å². The fraction of sp³-hybridized carbons (Fsp3) is 0. The highest BCUT2D eigenvalue weighted by Crippen LogP contribution is 2.15. The van der Waals surface area contributed by atoms with Crippen molar-refractivity contribution >= 4 is 6.29 Å². The Bertz CT molecular complexity index is 452. The summed E-state index contributed by atoms with van der Waals surface area (Å²) in [7, 11) is 0. The highest BCUT2D eigenvalue weighted by Gasteiger charge is 2.10. The molecular formula is C8H6N4O2. The normalized spacial score (nSPS) is 10.0. The molecule has 0 bridgehead atoms. The van der Waals surface area contributed by atoms with E-state index in [0.29, 0.717) is 12.1 Å². The van der Waals surface area contributed by atoms with Gasteiger partial charge in [0.1, 0.15) is 6.33 Å². The minimum absolute atomic E-state index is 0.0729. The van der Waals surface area contributed by atoms with Crippen LogP contribution in [0.2, 0.25) is 0 Å². The first-order chi connectivity index (χ1) is 6.83. The molecule has 14 heavy (non-hydrogen) atoms. The molecule has 2 aromatic heterocycles. The van der Waals surface area contributed by atoms with E-state index in [1.54, 1.807) is 6.07 Å². The van der Waals surface area contributed by atoms with Crippen molar-refractivity contribution in [2.24, 2.45) is 0 Å². The smallest absolute Gasteiger partial charge is 0.172 e. The number of nitrogens with zero attached hydrogens (tertiary/aromatic N) is 4. The number of rotatable bonds is 2. The molecule has 0 saturated carbocycles. The molecule has 6 heteroatoms. The number of aromatic nitrogens is 4. The summed E-state index contributed by atoms with van der Waals surface area (Å²) < 4.78 is 1.24. The highest BCUT2D eigenvalue weighted by atomic mass is 16.3. The molecule has 6 nitrogen and oxygen atoms in total. The topological polar surface area (TPSA) is 80.9 Å². The zero-order chi connectivity index (χ0) is 9.97. The molecule has 0 aliphatic carbocycles. The van der Waals surface area contributed by atoms with Crippen LogP contribution in [0.15, 0.2) is 24.8 Å². The maximum Gasteiger partial charge on any atom is 0.172 e. The second-order valence-corrected chi connectivity index (χ2v) is 2.51. The van der Waals surface area contributed by atoms with Gasteiger partial charge in [0.15, 0.2) is 23.5 Å². The van der Waals surface area contributed by atoms with Gasteiger partial charge in [-0.25, -0.2) is 14.6 Å². The molecule has 1 N–H and O–H groups in total. The number of carbonyl (C=O) groups is 1. The van der Waals surface area contributed by atoms with E-state index in [1.165, 1.54) is 23.4 Å². The van der Waals surface area contributed by atoms with Crippen LogP contribution in [-0.2, 0) is 0 Å². The van der Waals surface area contributed by atoms with Gasteiger partial charge in [0.2, 0.25) is 0 Å². The van der Waals surface area contributed by atoms with Crippen molar-refractivity contribution < 1.29 is 9.90 Å². The Labute approximate surface area is 78.9 Å². The van der Waals surface area contributed by atoms with Gasteiger partial charge in [0.05, 0.1) is 6.20 Å². The maximum absolute atomic E-state index is 10.6. The minimum Gasteiger partial charge on any atom is -0.504 e. The van der Waals surface area contributed by atoms with Crippen molar-refractivity contribution in [3.63, 3.8) is 0 Å². The van der Waals surface area contributed by atoms with E-state index in [9.17, 15) is 9.90 Å². The third kappa shape index (κ3) is 1.22. The van der Waals surface area contributed by atoms with Crippen LogP contribution in [-0.4, -0.2) is 31.1 Å². The van der Waals surface area contributed by atoms with Gasteiger partial charge in [0.25, 0.3) is 0 Å². The lowest BCUT2D eigenvalue weighted by atomic mass is 10.4. The summed E-state index contributed by atoms with van der Waals surface area (Å²) in [5, 5.41) is 13.0. The van der Waals surface area contributed by atoms with Crippen LogP contribution in [0.3, 0.4) is 0 Å². The first-order valence-corrected chi connectivity index (χ1v) is 3.81. The van der Waals surface area contributed by atoms with Gasteiger partial charge in [0, 0.05) is 12.3 Å². The van der Waals surface area contributed by atoms with Gasteiger partial charge < -0.3 is 5.11 Å². The third-order valence-corrected chi connectivity index (χ3v) is 1.68. The van der Waals surface area contributed by atoms with Crippen LogP contribution in [0.1, 0.15) is 10.5 Å². The van der Waals surface area contributed by atoms with Crippen molar-refractivity contribution in [3.05, 3.63) is 30.5 Å². The summed E-state index contributed by atoms with van der Waals surface area (Å²) in [6, 6.07) is 1.58. The molecule has 0 amide bonds. The van der Waals surface area contributed by atoms with Crippen molar-refractivity contribution in [2.45, 2.75) is 0 Å². The van der Waals surface area contributed by atoms with Crippen LogP contribution < -0.4 is 0 Å². The average molecular weight is 190 g/mol. The molecule has 0 fully saturated rings. The summed E-state index contributed by atoms with van der Waals surface area (Å²) in [5.74, 6) is 0.265. The molecular weight excluding hydrogens is 184 g/mol. The Morgan fingerprint density at radius 1 is 1.50 bits per heavy atom. The molecule has 0 spiro atoms. The average Bonchev–Trinajstić information content (AvgIpc) is 2.61. The Hall–Kier alpha value is -2.24. The molecule has 0 aromatic carbocycles. The minimum atomic E-state index is -0.168. The quantitative estimate of drug-likeness (QED) is 0.683. The van der Waals surface area contributed by atoms with E-state index < -0.39 is 0 Å². The standard InChI is InChI=1S/C8H6N4O2/c13-4-6-7(14)3-11-12(6)8-1-2-9-5-10-8/h1-5,14H. The molecule has 2 rings (SSSR count).